The first kappa shape index (κ1) is 15.2. The van der Waals surface area contributed by atoms with Gasteiger partial charge in [0.15, 0.2) is 0 Å². The van der Waals surface area contributed by atoms with Crippen LogP contribution in [0.25, 0.3) is 6.08 Å². The summed E-state index contributed by atoms with van der Waals surface area (Å²) in [7, 11) is 0. The lowest BCUT2D eigenvalue weighted by Crippen LogP contribution is -2.54. The van der Waals surface area contributed by atoms with Crippen molar-refractivity contribution in [3.05, 3.63) is 63.8 Å². The number of carboxylic acid groups (broad SMARTS) is 1. The number of nitrogens with zero attached hydrogens (tertiary/aromatic N) is 2. The minimum Gasteiger partial charge on any atom is -0.481 e. The van der Waals surface area contributed by atoms with Gasteiger partial charge < -0.3 is 23.0 Å². The average molecular weight is 347 g/mol. The van der Waals surface area contributed by atoms with Crippen molar-refractivity contribution in [1.82, 2.24) is 9.29 Å². The molecule has 124 valence electrons. The van der Waals surface area contributed by atoms with Gasteiger partial charge in [-0.1, -0.05) is 12.1 Å². The van der Waals surface area contributed by atoms with Gasteiger partial charge in [-0.15, -0.1) is 11.3 Å². The Labute approximate surface area is 141 Å². The first-order chi connectivity index (χ1) is 11.5. The zero-order valence-electron chi connectivity index (χ0n) is 12.6. The van der Waals surface area contributed by atoms with Gasteiger partial charge in [0.2, 0.25) is 0 Å². The molecule has 0 fully saturated rings. The number of hydrogen-bond donors (Lipinski definition) is 1. The Balaban J connectivity index is 1.76. The Bertz CT molecular complexity index is 858. The summed E-state index contributed by atoms with van der Waals surface area (Å²) in [6.45, 7) is -4.04. The summed E-state index contributed by atoms with van der Waals surface area (Å²) in [5, 5.41) is 10.7. The van der Waals surface area contributed by atoms with Crippen LogP contribution in [0.2, 0.25) is 0 Å². The van der Waals surface area contributed by atoms with Crippen LogP contribution in [0.1, 0.15) is 28.7 Å². The molecular formula is C16H14BF2N2O2S-. The van der Waals surface area contributed by atoms with Gasteiger partial charge in [0, 0.05) is 16.3 Å². The molecule has 1 N–H and O–H groups in total. The molecule has 0 aliphatic carbocycles. The lowest BCUT2D eigenvalue weighted by Gasteiger charge is -2.47. The molecule has 8 heteroatoms. The summed E-state index contributed by atoms with van der Waals surface area (Å²) in [5.74, 6) is -0.993. The number of carboxylic acids is 1. The van der Waals surface area contributed by atoms with E-state index in [1.54, 1.807) is 30.4 Å². The topological polar surface area (TPSA) is 45.5 Å². The first-order valence-corrected chi connectivity index (χ1v) is 8.52. The molecule has 0 saturated carbocycles. The van der Waals surface area contributed by atoms with Crippen LogP contribution in [0.3, 0.4) is 0 Å². The first-order valence-electron chi connectivity index (χ1n) is 7.64. The van der Waals surface area contributed by atoms with Crippen molar-refractivity contribution < 1.29 is 18.5 Å². The van der Waals surface area contributed by atoms with E-state index in [9.17, 15) is 4.79 Å². The normalized spacial score (nSPS) is 20.7. The Morgan fingerprint density at radius 3 is 2.88 bits per heavy atom. The minimum absolute atomic E-state index is 0.0841. The fourth-order valence-electron chi connectivity index (χ4n) is 3.44. The number of aliphatic carboxylic acids is 1. The van der Waals surface area contributed by atoms with E-state index >= 15 is 8.63 Å². The number of halogens is 2. The smallest absolute Gasteiger partial charge is 0.481 e. The summed E-state index contributed by atoms with van der Waals surface area (Å²) in [6, 6.07) is 6.43. The molecule has 0 aromatic carbocycles. The molecule has 0 radical (unpaired) electrons. The second-order valence-electron chi connectivity index (χ2n) is 5.90. The predicted molar refractivity (Wildman–Crippen MR) is 89.8 cm³/mol. The van der Waals surface area contributed by atoms with Crippen molar-refractivity contribution in [3.8, 4) is 0 Å². The van der Waals surface area contributed by atoms with Crippen LogP contribution in [0, 0.1) is 0 Å². The maximum absolute atomic E-state index is 15.3. The summed E-state index contributed by atoms with van der Waals surface area (Å²) in [6.07, 6.45) is 5.16. The number of aromatic nitrogens is 1. The monoisotopic (exact) mass is 347 g/mol. The summed E-state index contributed by atoms with van der Waals surface area (Å²) >= 11 is 1.45. The fraction of sp³-hybridized carbons (Fsp3) is 0.188. The zero-order valence-corrected chi connectivity index (χ0v) is 13.4. The van der Waals surface area contributed by atoms with Crippen molar-refractivity contribution in [2.75, 3.05) is 0 Å². The van der Waals surface area contributed by atoms with Crippen molar-refractivity contribution >= 4 is 30.4 Å². The molecular weight excluding hydrogens is 333 g/mol. The van der Waals surface area contributed by atoms with Crippen LogP contribution in [0.4, 0.5) is 8.63 Å². The molecule has 2 aliphatic rings. The van der Waals surface area contributed by atoms with E-state index in [2.05, 4.69) is 0 Å². The van der Waals surface area contributed by atoms with Crippen molar-refractivity contribution in [2.45, 2.75) is 18.9 Å². The Kier molecular flexibility index (Phi) is 3.38. The number of aryl methyl sites for hydroxylation is 1. The number of carbonyl (C=O) groups is 1. The molecule has 1 atom stereocenters. The number of allylic oxidation sites excluding steroid dienone is 1. The summed E-state index contributed by atoms with van der Waals surface area (Å²) < 4.78 is 31.7. The molecule has 24 heavy (non-hydrogen) atoms. The minimum atomic E-state index is -4.04. The van der Waals surface area contributed by atoms with Crippen molar-refractivity contribution in [1.29, 1.82) is 0 Å². The van der Waals surface area contributed by atoms with E-state index in [-0.39, 0.29) is 12.8 Å². The SMILES string of the molecule is O=C(O)CCc1ccc2n1[B-](F)(F)N1C(=C2)C=CC1c1cccs1. The molecule has 0 saturated heterocycles. The third-order valence-corrected chi connectivity index (χ3v) is 5.39. The highest BCUT2D eigenvalue weighted by molar-refractivity contribution is 7.10. The van der Waals surface area contributed by atoms with E-state index in [4.69, 9.17) is 5.11 Å². The molecule has 4 heterocycles. The van der Waals surface area contributed by atoms with Crippen molar-refractivity contribution in [3.63, 3.8) is 0 Å². The quantitative estimate of drug-likeness (QED) is 0.857. The molecule has 2 aromatic heterocycles. The van der Waals surface area contributed by atoms with Crippen LogP contribution in [0.15, 0.2) is 47.5 Å². The maximum atomic E-state index is 15.3. The van der Waals surface area contributed by atoms with Gasteiger partial charge >= 0.3 is 12.9 Å². The van der Waals surface area contributed by atoms with Gasteiger partial charge in [-0.05, 0) is 47.8 Å². The molecule has 4 nitrogen and oxygen atoms in total. The molecule has 0 bridgehead atoms. The molecule has 0 amide bonds. The largest absolute Gasteiger partial charge is 0.529 e. The van der Waals surface area contributed by atoms with E-state index < -0.39 is 19.0 Å². The second kappa shape index (κ2) is 5.34. The number of fused-ring (bicyclic) bond motifs is 2. The third-order valence-electron chi connectivity index (χ3n) is 4.45. The van der Waals surface area contributed by atoms with Crippen LogP contribution in [0.5, 0.6) is 0 Å². The summed E-state index contributed by atoms with van der Waals surface area (Å²) in [5.41, 5.74) is 1.27. The summed E-state index contributed by atoms with van der Waals surface area (Å²) in [4.78, 5) is 12.8. The highest BCUT2D eigenvalue weighted by atomic mass is 32.1. The molecule has 2 aliphatic heterocycles. The van der Waals surface area contributed by atoms with E-state index in [1.807, 2.05) is 17.5 Å². The lowest BCUT2D eigenvalue weighted by atomic mass is 9.87. The predicted octanol–water partition coefficient (Wildman–Crippen LogP) is 3.76. The van der Waals surface area contributed by atoms with Crippen molar-refractivity contribution in [2.24, 2.45) is 0 Å². The standard InChI is InChI=1S/C16H14BF2N2O2S/c18-17(19)20-11(6-8-16(22)23)3-4-12(20)10-13-5-7-14(21(13)17)15-2-1-9-24-15/h1-5,7,9-10,14H,6,8H2,(H,22,23)/q-1. The van der Waals surface area contributed by atoms with Gasteiger partial charge in [-0.3, -0.25) is 4.79 Å². The van der Waals surface area contributed by atoms with Gasteiger partial charge in [-0.2, -0.15) is 0 Å². The molecule has 0 spiro atoms. The van der Waals surface area contributed by atoms with Gasteiger partial charge in [0.1, 0.15) is 0 Å². The highest BCUT2D eigenvalue weighted by Gasteiger charge is 2.45. The molecule has 4 rings (SSSR count). The van der Waals surface area contributed by atoms with Gasteiger partial charge in [0.05, 0.1) is 12.5 Å². The van der Waals surface area contributed by atoms with Crippen LogP contribution in [-0.2, 0) is 11.2 Å². The Morgan fingerprint density at radius 1 is 1.33 bits per heavy atom. The van der Waals surface area contributed by atoms with Crippen LogP contribution >= 0.6 is 11.3 Å². The van der Waals surface area contributed by atoms with Crippen LogP contribution in [-0.4, -0.2) is 27.3 Å². The Morgan fingerprint density at radius 2 is 2.17 bits per heavy atom. The highest BCUT2D eigenvalue weighted by Crippen LogP contribution is 2.44. The van der Waals surface area contributed by atoms with E-state index in [1.165, 1.54) is 11.3 Å². The fourth-order valence-corrected chi connectivity index (χ4v) is 4.24. The Hall–Kier alpha value is -2.35. The van der Waals surface area contributed by atoms with E-state index in [0.29, 0.717) is 17.1 Å². The van der Waals surface area contributed by atoms with Gasteiger partial charge in [-0.25, -0.2) is 0 Å². The van der Waals surface area contributed by atoms with Crippen LogP contribution < -0.4 is 0 Å². The van der Waals surface area contributed by atoms with E-state index in [0.717, 1.165) is 14.2 Å². The molecule has 2 aromatic rings. The maximum Gasteiger partial charge on any atom is 0.529 e. The second-order valence-corrected chi connectivity index (χ2v) is 6.88. The number of hydrogen-bond acceptors (Lipinski definition) is 3. The number of rotatable bonds is 4. The third kappa shape index (κ3) is 2.21. The average Bonchev–Trinajstić information content (AvgIpc) is 3.24. The van der Waals surface area contributed by atoms with Gasteiger partial charge in [0.25, 0.3) is 0 Å². The molecule has 1 unspecified atom stereocenters. The number of thiophene rings is 1. The lowest BCUT2D eigenvalue weighted by molar-refractivity contribution is -0.136. The zero-order chi connectivity index (χ0) is 16.9.